The van der Waals surface area contributed by atoms with E-state index >= 15 is 0 Å². The second-order valence-corrected chi connectivity index (χ2v) is 3.61. The van der Waals surface area contributed by atoms with Crippen molar-refractivity contribution in [3.8, 4) is 0 Å². The summed E-state index contributed by atoms with van der Waals surface area (Å²) >= 11 is 0. The van der Waals surface area contributed by atoms with Crippen LogP contribution in [0.3, 0.4) is 0 Å². The van der Waals surface area contributed by atoms with Gasteiger partial charge in [0.25, 0.3) is 0 Å². The van der Waals surface area contributed by atoms with Crippen molar-refractivity contribution in [3.05, 3.63) is 34.9 Å². The van der Waals surface area contributed by atoms with Gasteiger partial charge >= 0.3 is 0 Å². The van der Waals surface area contributed by atoms with E-state index in [1.807, 2.05) is 6.07 Å². The average molecular weight is 180 g/mol. The van der Waals surface area contributed by atoms with Gasteiger partial charge in [0.05, 0.1) is 0 Å². The smallest absolute Gasteiger partial charge is 0.101 e. The third-order valence-corrected chi connectivity index (χ3v) is 2.24. The van der Waals surface area contributed by atoms with E-state index in [1.165, 1.54) is 11.1 Å². The lowest BCUT2D eigenvalue weighted by atomic mass is 9.99. The number of hydrogen-bond acceptors (Lipinski definition) is 0. The van der Waals surface area contributed by atoms with Crippen LogP contribution in [0.4, 0.5) is 4.39 Å². The standard InChI is InChI=1S/C12H17F/c1-4-11-7-9(2)5-6-12(11)8-10(3)13/h5-7,10H,4,8H2,1-3H3. The molecule has 0 fully saturated rings. The van der Waals surface area contributed by atoms with Crippen LogP contribution >= 0.6 is 0 Å². The molecule has 1 rings (SSSR count). The fourth-order valence-corrected chi connectivity index (χ4v) is 1.59. The van der Waals surface area contributed by atoms with Crippen LogP contribution in [0.15, 0.2) is 18.2 Å². The Hall–Kier alpha value is -0.850. The summed E-state index contributed by atoms with van der Waals surface area (Å²) < 4.78 is 12.8. The highest BCUT2D eigenvalue weighted by atomic mass is 19.1. The summed E-state index contributed by atoms with van der Waals surface area (Å²) in [6.07, 6.45) is 0.792. The Labute approximate surface area is 79.8 Å². The molecule has 0 bridgehead atoms. The Morgan fingerprint density at radius 2 is 2.00 bits per heavy atom. The van der Waals surface area contributed by atoms with Crippen LogP contribution in [0.25, 0.3) is 0 Å². The van der Waals surface area contributed by atoms with Crippen molar-refractivity contribution in [3.63, 3.8) is 0 Å². The second-order valence-electron chi connectivity index (χ2n) is 3.61. The Bertz CT molecular complexity index is 276. The summed E-state index contributed by atoms with van der Waals surface area (Å²) in [4.78, 5) is 0. The molecular weight excluding hydrogens is 163 g/mol. The highest BCUT2D eigenvalue weighted by molar-refractivity contribution is 5.31. The monoisotopic (exact) mass is 180 g/mol. The highest BCUT2D eigenvalue weighted by Gasteiger charge is 2.05. The van der Waals surface area contributed by atoms with Crippen molar-refractivity contribution in [1.82, 2.24) is 0 Å². The van der Waals surface area contributed by atoms with E-state index in [9.17, 15) is 4.39 Å². The Balaban J connectivity index is 2.92. The third kappa shape index (κ3) is 2.83. The Morgan fingerprint density at radius 3 is 2.54 bits per heavy atom. The van der Waals surface area contributed by atoms with Crippen molar-refractivity contribution >= 4 is 0 Å². The van der Waals surface area contributed by atoms with Crippen molar-refractivity contribution in [2.24, 2.45) is 0 Å². The number of halogens is 1. The molecule has 0 nitrogen and oxygen atoms in total. The van der Waals surface area contributed by atoms with E-state index in [-0.39, 0.29) is 0 Å². The number of alkyl halides is 1. The van der Waals surface area contributed by atoms with E-state index in [4.69, 9.17) is 0 Å². The zero-order valence-electron chi connectivity index (χ0n) is 8.60. The lowest BCUT2D eigenvalue weighted by molar-refractivity contribution is 0.359. The molecule has 1 aromatic rings. The van der Waals surface area contributed by atoms with Gasteiger partial charge < -0.3 is 0 Å². The van der Waals surface area contributed by atoms with Crippen LogP contribution in [0.5, 0.6) is 0 Å². The predicted molar refractivity (Wildman–Crippen MR) is 54.8 cm³/mol. The molecule has 1 unspecified atom stereocenters. The summed E-state index contributed by atoms with van der Waals surface area (Å²) in [6, 6.07) is 6.25. The Morgan fingerprint density at radius 1 is 1.31 bits per heavy atom. The minimum atomic E-state index is -0.743. The van der Waals surface area contributed by atoms with Gasteiger partial charge in [0, 0.05) is 6.42 Å². The number of rotatable bonds is 3. The summed E-state index contributed by atoms with van der Waals surface area (Å²) in [5.74, 6) is 0. The molecule has 0 amide bonds. The SMILES string of the molecule is CCc1cc(C)ccc1CC(C)F. The van der Waals surface area contributed by atoms with Gasteiger partial charge in [0.15, 0.2) is 0 Å². The topological polar surface area (TPSA) is 0 Å². The zero-order valence-corrected chi connectivity index (χ0v) is 8.60. The van der Waals surface area contributed by atoms with E-state index in [0.717, 1.165) is 12.0 Å². The van der Waals surface area contributed by atoms with Gasteiger partial charge in [-0.15, -0.1) is 0 Å². The Kier molecular flexibility index (Phi) is 3.47. The van der Waals surface area contributed by atoms with Crippen LogP contribution < -0.4 is 0 Å². The van der Waals surface area contributed by atoms with Crippen molar-refractivity contribution in [1.29, 1.82) is 0 Å². The van der Waals surface area contributed by atoms with Gasteiger partial charge in [0.1, 0.15) is 6.17 Å². The summed E-state index contributed by atoms with van der Waals surface area (Å²) in [5.41, 5.74) is 3.69. The summed E-state index contributed by atoms with van der Waals surface area (Å²) in [5, 5.41) is 0. The zero-order chi connectivity index (χ0) is 9.84. The highest BCUT2D eigenvalue weighted by Crippen LogP contribution is 2.15. The van der Waals surface area contributed by atoms with Crippen LogP contribution in [0.2, 0.25) is 0 Å². The summed E-state index contributed by atoms with van der Waals surface area (Å²) in [7, 11) is 0. The van der Waals surface area contributed by atoms with Gasteiger partial charge in [-0.05, 0) is 31.4 Å². The van der Waals surface area contributed by atoms with Crippen LogP contribution in [0.1, 0.15) is 30.5 Å². The third-order valence-electron chi connectivity index (χ3n) is 2.24. The number of hydrogen-bond donors (Lipinski definition) is 0. The van der Waals surface area contributed by atoms with Crippen molar-refractivity contribution in [2.75, 3.05) is 0 Å². The van der Waals surface area contributed by atoms with Gasteiger partial charge in [-0.25, -0.2) is 4.39 Å². The first-order valence-corrected chi connectivity index (χ1v) is 4.86. The lowest BCUT2D eigenvalue weighted by Gasteiger charge is -2.09. The normalized spacial score (nSPS) is 12.9. The molecule has 1 atom stereocenters. The molecule has 13 heavy (non-hydrogen) atoms. The first-order valence-electron chi connectivity index (χ1n) is 4.86. The second kappa shape index (κ2) is 4.40. The average Bonchev–Trinajstić information content (AvgIpc) is 2.07. The molecule has 1 aromatic carbocycles. The molecular formula is C12H17F. The van der Waals surface area contributed by atoms with Crippen LogP contribution in [-0.4, -0.2) is 6.17 Å². The molecule has 0 aromatic heterocycles. The molecule has 0 aliphatic heterocycles. The van der Waals surface area contributed by atoms with Crippen molar-refractivity contribution < 1.29 is 4.39 Å². The molecule has 0 saturated carbocycles. The fraction of sp³-hybridized carbons (Fsp3) is 0.500. The van der Waals surface area contributed by atoms with Gasteiger partial charge in [0.2, 0.25) is 0 Å². The maximum absolute atomic E-state index is 12.8. The number of aryl methyl sites for hydroxylation is 2. The first kappa shape index (κ1) is 10.2. The van der Waals surface area contributed by atoms with E-state index in [2.05, 4.69) is 26.0 Å². The molecule has 0 aliphatic carbocycles. The molecule has 1 heteroatoms. The predicted octanol–water partition coefficient (Wildman–Crippen LogP) is 3.46. The minimum absolute atomic E-state index is 0.545. The first-order chi connectivity index (χ1) is 6.13. The van der Waals surface area contributed by atoms with Crippen LogP contribution in [0, 0.1) is 6.92 Å². The molecule has 72 valence electrons. The quantitative estimate of drug-likeness (QED) is 0.668. The minimum Gasteiger partial charge on any atom is -0.247 e. The maximum Gasteiger partial charge on any atom is 0.101 e. The van der Waals surface area contributed by atoms with E-state index in [1.54, 1.807) is 6.92 Å². The number of benzene rings is 1. The van der Waals surface area contributed by atoms with Crippen molar-refractivity contribution in [2.45, 2.75) is 39.8 Å². The largest absolute Gasteiger partial charge is 0.247 e. The molecule has 0 radical (unpaired) electrons. The molecule has 0 spiro atoms. The molecule has 0 heterocycles. The van der Waals surface area contributed by atoms with Gasteiger partial charge in [-0.2, -0.15) is 0 Å². The maximum atomic E-state index is 12.8. The van der Waals surface area contributed by atoms with E-state index in [0.29, 0.717) is 6.42 Å². The lowest BCUT2D eigenvalue weighted by Crippen LogP contribution is -2.02. The fourth-order valence-electron chi connectivity index (χ4n) is 1.59. The molecule has 0 aliphatic rings. The molecule has 0 saturated heterocycles. The van der Waals surface area contributed by atoms with E-state index < -0.39 is 6.17 Å². The van der Waals surface area contributed by atoms with Gasteiger partial charge in [-0.3, -0.25) is 0 Å². The molecule has 0 N–H and O–H groups in total. The summed E-state index contributed by atoms with van der Waals surface area (Å²) in [6.45, 7) is 5.79. The van der Waals surface area contributed by atoms with Crippen LogP contribution in [-0.2, 0) is 12.8 Å². The van der Waals surface area contributed by atoms with Gasteiger partial charge in [-0.1, -0.05) is 30.7 Å².